The summed E-state index contributed by atoms with van der Waals surface area (Å²) in [4.78, 5) is 12.1. The quantitative estimate of drug-likeness (QED) is 0.846. The third-order valence-corrected chi connectivity index (χ3v) is 4.60. The molecule has 0 aliphatic heterocycles. The lowest BCUT2D eigenvalue weighted by Crippen LogP contribution is -2.28. The van der Waals surface area contributed by atoms with Crippen molar-refractivity contribution in [2.45, 2.75) is 44.2 Å². The normalized spacial score (nSPS) is 22.3. The van der Waals surface area contributed by atoms with Crippen LogP contribution >= 0.6 is 10.7 Å². The molecule has 1 amide bonds. The van der Waals surface area contributed by atoms with E-state index in [1.807, 2.05) is 6.92 Å². The van der Waals surface area contributed by atoms with Gasteiger partial charge in [0.25, 0.3) is 15.0 Å². The fourth-order valence-corrected chi connectivity index (χ4v) is 2.76. The van der Waals surface area contributed by atoms with Crippen molar-refractivity contribution >= 4 is 25.6 Å². The summed E-state index contributed by atoms with van der Waals surface area (Å²) in [5, 5.41) is 2.89. The standard InChI is InChI=1S/C12H17ClN2O3S/c1-3-4-15-7-9(19(13,17)18)6-11(15)12(16)14-10-5-8(10)2/h6-8,10H,3-5H2,1-2H3,(H,14,16). The third kappa shape index (κ3) is 3.30. The van der Waals surface area contributed by atoms with Gasteiger partial charge in [0.05, 0.1) is 0 Å². The highest BCUT2D eigenvalue weighted by Crippen LogP contribution is 2.29. The van der Waals surface area contributed by atoms with E-state index in [4.69, 9.17) is 10.7 Å². The van der Waals surface area contributed by atoms with E-state index < -0.39 is 9.05 Å². The van der Waals surface area contributed by atoms with Gasteiger partial charge in [0.1, 0.15) is 10.6 Å². The van der Waals surface area contributed by atoms with Gasteiger partial charge in [0.15, 0.2) is 0 Å². The van der Waals surface area contributed by atoms with E-state index in [9.17, 15) is 13.2 Å². The average Bonchev–Trinajstić information content (AvgIpc) is 2.82. The number of aromatic nitrogens is 1. The molecule has 0 radical (unpaired) electrons. The summed E-state index contributed by atoms with van der Waals surface area (Å²) in [6.07, 6.45) is 3.19. The molecule has 2 rings (SSSR count). The molecule has 1 N–H and O–H groups in total. The van der Waals surface area contributed by atoms with Crippen LogP contribution in [-0.4, -0.2) is 24.9 Å². The molecule has 1 heterocycles. The van der Waals surface area contributed by atoms with Crippen LogP contribution in [0.3, 0.4) is 0 Å². The van der Waals surface area contributed by atoms with Crippen molar-refractivity contribution < 1.29 is 13.2 Å². The minimum absolute atomic E-state index is 0.0309. The zero-order valence-electron chi connectivity index (χ0n) is 10.9. The molecule has 19 heavy (non-hydrogen) atoms. The molecule has 106 valence electrons. The average molecular weight is 305 g/mol. The van der Waals surface area contributed by atoms with Crippen LogP contribution in [-0.2, 0) is 15.6 Å². The van der Waals surface area contributed by atoms with Crippen molar-refractivity contribution in [2.75, 3.05) is 0 Å². The van der Waals surface area contributed by atoms with Crippen molar-refractivity contribution in [3.05, 3.63) is 18.0 Å². The molecule has 1 aromatic rings. The Labute approximate surface area is 117 Å². The summed E-state index contributed by atoms with van der Waals surface area (Å²) < 4.78 is 24.3. The molecule has 1 fully saturated rings. The maximum absolute atomic E-state index is 12.1. The number of hydrogen-bond acceptors (Lipinski definition) is 3. The van der Waals surface area contributed by atoms with Gasteiger partial charge in [0.2, 0.25) is 0 Å². The lowest BCUT2D eigenvalue weighted by Gasteiger charge is -2.07. The number of carbonyl (C=O) groups excluding carboxylic acids is 1. The molecule has 1 saturated carbocycles. The summed E-state index contributed by atoms with van der Waals surface area (Å²) in [6, 6.07) is 1.54. The number of hydrogen-bond donors (Lipinski definition) is 1. The second-order valence-electron chi connectivity index (χ2n) is 4.99. The molecular formula is C12H17ClN2O3S. The fourth-order valence-electron chi connectivity index (χ4n) is 2.00. The van der Waals surface area contributed by atoms with Crippen LogP contribution in [0.2, 0.25) is 0 Å². The van der Waals surface area contributed by atoms with E-state index in [2.05, 4.69) is 12.2 Å². The van der Waals surface area contributed by atoms with Crippen LogP contribution in [0.1, 0.15) is 37.2 Å². The summed E-state index contributed by atoms with van der Waals surface area (Å²) in [6.45, 7) is 4.60. The molecule has 0 aromatic carbocycles. The van der Waals surface area contributed by atoms with Crippen molar-refractivity contribution in [1.29, 1.82) is 0 Å². The first-order valence-electron chi connectivity index (χ1n) is 6.28. The van der Waals surface area contributed by atoms with E-state index in [1.54, 1.807) is 4.57 Å². The number of amides is 1. The van der Waals surface area contributed by atoms with Crippen LogP contribution in [0, 0.1) is 5.92 Å². The topological polar surface area (TPSA) is 68.2 Å². The predicted octanol–water partition coefficient (Wildman–Crippen LogP) is 1.96. The largest absolute Gasteiger partial charge is 0.348 e. The van der Waals surface area contributed by atoms with Crippen molar-refractivity contribution in [1.82, 2.24) is 9.88 Å². The highest BCUT2D eigenvalue weighted by Gasteiger charge is 2.34. The molecule has 2 atom stereocenters. The second-order valence-corrected chi connectivity index (χ2v) is 7.55. The summed E-state index contributed by atoms with van der Waals surface area (Å²) in [5.41, 5.74) is 0.347. The number of nitrogens with one attached hydrogen (secondary N) is 1. The second kappa shape index (κ2) is 5.17. The Bertz CT molecular complexity index is 594. The smallest absolute Gasteiger partial charge is 0.268 e. The zero-order chi connectivity index (χ0) is 14.2. The Morgan fingerprint density at radius 1 is 1.58 bits per heavy atom. The molecule has 2 unspecified atom stereocenters. The third-order valence-electron chi connectivity index (χ3n) is 3.28. The molecule has 1 aliphatic rings. The number of halogens is 1. The Morgan fingerprint density at radius 3 is 2.68 bits per heavy atom. The lowest BCUT2D eigenvalue weighted by molar-refractivity contribution is 0.0940. The number of nitrogens with zero attached hydrogens (tertiary/aromatic N) is 1. The number of carbonyl (C=O) groups is 1. The molecule has 0 bridgehead atoms. The minimum atomic E-state index is -3.81. The predicted molar refractivity (Wildman–Crippen MR) is 72.8 cm³/mol. The van der Waals surface area contributed by atoms with Crippen LogP contribution in [0.25, 0.3) is 0 Å². The van der Waals surface area contributed by atoms with Gasteiger partial charge in [-0.2, -0.15) is 0 Å². The van der Waals surface area contributed by atoms with Crippen LogP contribution in [0.15, 0.2) is 17.2 Å². The minimum Gasteiger partial charge on any atom is -0.348 e. The van der Waals surface area contributed by atoms with Crippen molar-refractivity contribution in [3.63, 3.8) is 0 Å². The number of aryl methyl sites for hydroxylation is 1. The van der Waals surface area contributed by atoms with Gasteiger partial charge in [-0.05, 0) is 24.8 Å². The molecule has 1 aromatic heterocycles. The van der Waals surface area contributed by atoms with Gasteiger partial charge in [0, 0.05) is 29.5 Å². The molecule has 7 heteroatoms. The van der Waals surface area contributed by atoms with Crippen LogP contribution in [0.5, 0.6) is 0 Å². The Morgan fingerprint density at radius 2 is 2.21 bits per heavy atom. The first-order chi connectivity index (χ1) is 8.82. The van der Waals surface area contributed by atoms with E-state index in [-0.39, 0.29) is 16.8 Å². The van der Waals surface area contributed by atoms with E-state index in [0.717, 1.165) is 12.8 Å². The Kier molecular flexibility index (Phi) is 3.92. The molecular weight excluding hydrogens is 288 g/mol. The van der Waals surface area contributed by atoms with E-state index in [1.165, 1.54) is 12.3 Å². The first kappa shape index (κ1) is 14.4. The molecule has 5 nitrogen and oxygen atoms in total. The van der Waals surface area contributed by atoms with Gasteiger partial charge in [-0.15, -0.1) is 0 Å². The van der Waals surface area contributed by atoms with Crippen LogP contribution in [0.4, 0.5) is 0 Å². The monoisotopic (exact) mass is 304 g/mol. The van der Waals surface area contributed by atoms with Gasteiger partial charge < -0.3 is 9.88 Å². The van der Waals surface area contributed by atoms with Crippen molar-refractivity contribution in [2.24, 2.45) is 5.92 Å². The number of rotatable bonds is 5. The lowest BCUT2D eigenvalue weighted by atomic mass is 10.3. The first-order valence-corrected chi connectivity index (χ1v) is 8.59. The van der Waals surface area contributed by atoms with Gasteiger partial charge in [-0.1, -0.05) is 13.8 Å². The zero-order valence-corrected chi connectivity index (χ0v) is 12.5. The van der Waals surface area contributed by atoms with Crippen molar-refractivity contribution in [3.8, 4) is 0 Å². The van der Waals surface area contributed by atoms with Gasteiger partial charge in [-0.3, -0.25) is 4.79 Å². The maximum Gasteiger partial charge on any atom is 0.268 e. The molecule has 0 spiro atoms. The summed E-state index contributed by atoms with van der Waals surface area (Å²) in [7, 11) is 1.51. The highest BCUT2D eigenvalue weighted by atomic mass is 35.7. The fraction of sp³-hybridized carbons (Fsp3) is 0.583. The van der Waals surface area contributed by atoms with Gasteiger partial charge >= 0.3 is 0 Å². The van der Waals surface area contributed by atoms with Gasteiger partial charge in [-0.25, -0.2) is 8.42 Å². The maximum atomic E-state index is 12.1. The van der Waals surface area contributed by atoms with E-state index in [0.29, 0.717) is 18.2 Å². The summed E-state index contributed by atoms with van der Waals surface area (Å²) in [5.74, 6) is 0.254. The highest BCUT2D eigenvalue weighted by molar-refractivity contribution is 8.13. The van der Waals surface area contributed by atoms with E-state index >= 15 is 0 Å². The Hall–Kier alpha value is -1.01. The SMILES string of the molecule is CCCn1cc(S(=O)(=O)Cl)cc1C(=O)NC1CC1C. The molecule has 0 saturated heterocycles. The Balaban J connectivity index is 2.26. The summed E-state index contributed by atoms with van der Waals surface area (Å²) >= 11 is 0. The molecule has 1 aliphatic carbocycles. The van der Waals surface area contributed by atoms with Crippen LogP contribution < -0.4 is 5.32 Å².